The van der Waals surface area contributed by atoms with E-state index in [0.717, 1.165) is 15.1 Å². The Hall–Kier alpha value is -1.89. The number of carbonyl (C=O) groups excluding carboxylic acids is 1. The van der Waals surface area contributed by atoms with E-state index in [0.29, 0.717) is 35.4 Å². The van der Waals surface area contributed by atoms with E-state index in [1.165, 1.54) is 5.56 Å². The van der Waals surface area contributed by atoms with Gasteiger partial charge in [0.25, 0.3) is 5.91 Å². The number of amides is 1. The Morgan fingerprint density at radius 1 is 1.25 bits per heavy atom. The lowest BCUT2D eigenvalue weighted by atomic mass is 10.2. The third-order valence-electron chi connectivity index (χ3n) is 4.15. The number of hydrogen-bond donors (Lipinski definition) is 0. The summed E-state index contributed by atoms with van der Waals surface area (Å²) in [5, 5.41) is 0.467. The largest absolute Gasteiger partial charge is 0.380 e. The molecule has 0 bridgehead atoms. The van der Waals surface area contributed by atoms with E-state index in [2.05, 4.69) is 48.5 Å². The Balaban J connectivity index is 2.00. The maximum absolute atomic E-state index is 12.9. The van der Waals surface area contributed by atoms with Crippen LogP contribution in [0.3, 0.4) is 0 Å². The van der Waals surface area contributed by atoms with Crippen molar-refractivity contribution in [2.45, 2.75) is 44.4 Å². The van der Waals surface area contributed by atoms with E-state index in [9.17, 15) is 4.79 Å². The van der Waals surface area contributed by atoms with E-state index < -0.39 is 0 Å². The summed E-state index contributed by atoms with van der Waals surface area (Å²) in [6, 6.07) is 14.0. The average Bonchev–Trinajstić information content (AvgIpc) is 2.98. The van der Waals surface area contributed by atoms with E-state index >= 15 is 0 Å². The maximum atomic E-state index is 12.9. The fourth-order valence-corrected chi connectivity index (χ4v) is 4.96. The number of carbonyl (C=O) groups is 1. The van der Waals surface area contributed by atoms with Crippen LogP contribution in [0.4, 0.5) is 0 Å². The number of thiazole rings is 1. The maximum Gasteiger partial charge on any atom is 0.279 e. The molecule has 0 aliphatic carbocycles. The first-order chi connectivity index (χ1) is 13.5. The molecule has 0 unspecified atom stereocenters. The second-order valence-corrected chi connectivity index (χ2v) is 9.47. The molecule has 2 aromatic carbocycles. The highest BCUT2D eigenvalue weighted by atomic mass is 32.2. The summed E-state index contributed by atoms with van der Waals surface area (Å²) >= 11 is 3.29. The molecule has 0 fully saturated rings. The summed E-state index contributed by atoms with van der Waals surface area (Å²) in [7, 11) is 0. The molecule has 6 heteroatoms. The molecule has 1 heterocycles. The van der Waals surface area contributed by atoms with Crippen LogP contribution >= 0.6 is 23.1 Å². The Bertz CT molecular complexity index is 1030. The van der Waals surface area contributed by atoms with Crippen molar-refractivity contribution in [3.63, 3.8) is 0 Å². The van der Waals surface area contributed by atoms with Crippen LogP contribution in [0.15, 0.2) is 52.4 Å². The summed E-state index contributed by atoms with van der Waals surface area (Å²) in [5.41, 5.74) is 2.91. The predicted molar refractivity (Wildman–Crippen MR) is 118 cm³/mol. The minimum Gasteiger partial charge on any atom is -0.380 e. The van der Waals surface area contributed by atoms with Crippen molar-refractivity contribution in [1.82, 2.24) is 4.57 Å². The van der Waals surface area contributed by atoms with Crippen LogP contribution in [0.25, 0.3) is 10.2 Å². The first kappa shape index (κ1) is 20.8. The number of hydrogen-bond acceptors (Lipinski definition) is 4. The number of benzene rings is 2. The summed E-state index contributed by atoms with van der Waals surface area (Å²) < 4.78 is 8.75. The molecule has 0 spiro atoms. The molecule has 0 radical (unpaired) electrons. The Morgan fingerprint density at radius 2 is 2.07 bits per heavy atom. The number of rotatable bonds is 7. The third kappa shape index (κ3) is 5.13. The van der Waals surface area contributed by atoms with Crippen LogP contribution in [0.2, 0.25) is 0 Å². The minimum absolute atomic E-state index is 0.209. The highest BCUT2D eigenvalue weighted by Gasteiger charge is 2.11. The molecule has 0 aliphatic heterocycles. The van der Waals surface area contributed by atoms with Crippen molar-refractivity contribution in [3.8, 4) is 0 Å². The monoisotopic (exact) mass is 414 g/mol. The second-order valence-electron chi connectivity index (χ2n) is 6.82. The highest BCUT2D eigenvalue weighted by molar-refractivity contribution is 7.99. The molecular weight excluding hydrogens is 388 g/mol. The molecule has 148 valence electrons. The second kappa shape index (κ2) is 9.54. The zero-order chi connectivity index (χ0) is 20.1. The van der Waals surface area contributed by atoms with E-state index in [-0.39, 0.29) is 5.91 Å². The van der Waals surface area contributed by atoms with Gasteiger partial charge in [-0.3, -0.25) is 4.79 Å². The van der Waals surface area contributed by atoms with Crippen LogP contribution < -0.4 is 4.80 Å². The summed E-state index contributed by atoms with van der Waals surface area (Å²) in [4.78, 5) is 19.1. The van der Waals surface area contributed by atoms with Crippen LogP contribution in [0, 0.1) is 6.92 Å². The average molecular weight is 415 g/mol. The van der Waals surface area contributed by atoms with Crippen LogP contribution in [0.1, 0.15) is 36.7 Å². The summed E-state index contributed by atoms with van der Waals surface area (Å²) in [5.74, 6) is -0.209. The van der Waals surface area contributed by atoms with Crippen molar-refractivity contribution in [2.24, 2.45) is 4.99 Å². The van der Waals surface area contributed by atoms with E-state index in [1.807, 2.05) is 31.2 Å². The van der Waals surface area contributed by atoms with Crippen molar-refractivity contribution in [1.29, 1.82) is 0 Å². The zero-order valence-electron chi connectivity index (χ0n) is 16.8. The van der Waals surface area contributed by atoms with Crippen molar-refractivity contribution >= 4 is 39.2 Å². The molecule has 0 saturated carbocycles. The van der Waals surface area contributed by atoms with Gasteiger partial charge >= 0.3 is 0 Å². The van der Waals surface area contributed by atoms with Gasteiger partial charge in [0.2, 0.25) is 0 Å². The number of nitrogens with zero attached hydrogens (tertiary/aromatic N) is 2. The number of aryl methyl sites for hydroxylation is 1. The lowest BCUT2D eigenvalue weighted by molar-refractivity contribution is 0.0996. The van der Waals surface area contributed by atoms with Crippen molar-refractivity contribution < 1.29 is 9.53 Å². The van der Waals surface area contributed by atoms with Gasteiger partial charge in [0.15, 0.2) is 4.80 Å². The van der Waals surface area contributed by atoms with Crippen molar-refractivity contribution in [3.05, 3.63) is 58.4 Å². The normalized spacial score (nSPS) is 12.2. The van der Waals surface area contributed by atoms with Gasteiger partial charge in [-0.05, 0) is 49.7 Å². The van der Waals surface area contributed by atoms with Gasteiger partial charge in [-0.15, -0.1) is 11.8 Å². The van der Waals surface area contributed by atoms with E-state index in [4.69, 9.17) is 4.74 Å². The number of ether oxygens (including phenoxy) is 1. The molecule has 0 N–H and O–H groups in total. The zero-order valence-corrected chi connectivity index (χ0v) is 18.4. The highest BCUT2D eigenvalue weighted by Crippen LogP contribution is 2.24. The molecule has 1 amide bonds. The molecule has 28 heavy (non-hydrogen) atoms. The SMILES string of the molecule is CCOCCn1c(=NC(=O)c2cccc(SC(C)C)c2)sc2cc(C)ccc21. The Labute approximate surface area is 174 Å². The fraction of sp³-hybridized carbons (Fsp3) is 0.364. The van der Waals surface area contributed by atoms with Gasteiger partial charge in [-0.2, -0.15) is 4.99 Å². The number of fused-ring (bicyclic) bond motifs is 1. The number of aromatic nitrogens is 1. The quantitative estimate of drug-likeness (QED) is 0.390. The molecule has 3 aromatic rings. The standard InChI is InChI=1S/C22H26N2O2S2/c1-5-26-12-11-24-19-10-9-16(4)13-20(19)28-22(24)23-21(25)17-7-6-8-18(14-17)27-15(2)3/h6-10,13-15H,5,11-12H2,1-4H3. The predicted octanol–water partition coefficient (Wildman–Crippen LogP) is 5.29. The summed E-state index contributed by atoms with van der Waals surface area (Å²) in [6.45, 7) is 10.3. The topological polar surface area (TPSA) is 43.6 Å². The first-order valence-electron chi connectivity index (χ1n) is 9.51. The van der Waals surface area contributed by atoms with Gasteiger partial charge in [-0.1, -0.05) is 37.3 Å². The molecule has 1 aromatic heterocycles. The van der Waals surface area contributed by atoms with Crippen LogP contribution in [-0.4, -0.2) is 28.9 Å². The summed E-state index contributed by atoms with van der Waals surface area (Å²) in [6.07, 6.45) is 0. The number of thioether (sulfide) groups is 1. The van der Waals surface area contributed by atoms with Crippen LogP contribution in [-0.2, 0) is 11.3 Å². The Morgan fingerprint density at radius 3 is 2.82 bits per heavy atom. The van der Waals surface area contributed by atoms with Crippen molar-refractivity contribution in [2.75, 3.05) is 13.2 Å². The molecule has 0 aliphatic rings. The van der Waals surface area contributed by atoms with Crippen LogP contribution in [0.5, 0.6) is 0 Å². The van der Waals surface area contributed by atoms with Gasteiger partial charge in [0.05, 0.1) is 16.8 Å². The third-order valence-corrected chi connectivity index (χ3v) is 6.19. The van der Waals surface area contributed by atoms with Gasteiger partial charge in [0.1, 0.15) is 0 Å². The molecular formula is C22H26N2O2S2. The lowest BCUT2D eigenvalue weighted by Gasteiger charge is -2.06. The lowest BCUT2D eigenvalue weighted by Crippen LogP contribution is -2.19. The minimum atomic E-state index is -0.209. The van der Waals surface area contributed by atoms with Gasteiger partial charge in [-0.25, -0.2) is 0 Å². The van der Waals surface area contributed by atoms with E-state index in [1.54, 1.807) is 23.1 Å². The Kier molecular flexibility index (Phi) is 7.10. The molecule has 0 atom stereocenters. The van der Waals surface area contributed by atoms with Gasteiger partial charge < -0.3 is 9.30 Å². The fourth-order valence-electron chi connectivity index (χ4n) is 2.91. The molecule has 0 saturated heterocycles. The molecule has 4 nitrogen and oxygen atoms in total. The smallest absolute Gasteiger partial charge is 0.279 e. The van der Waals surface area contributed by atoms with Gasteiger partial charge in [0, 0.05) is 28.9 Å². The molecule has 3 rings (SSSR count). The first-order valence-corrected chi connectivity index (χ1v) is 11.2.